The Morgan fingerprint density at radius 3 is 2.71 bits per heavy atom. The molecule has 1 aromatic rings. The molecule has 0 fully saturated rings. The van der Waals surface area contributed by atoms with Crippen LogP contribution in [0.2, 0.25) is 0 Å². The number of anilines is 1. The van der Waals surface area contributed by atoms with E-state index < -0.39 is 23.4 Å². The highest BCUT2D eigenvalue weighted by atomic mass is 19.1. The minimum Gasteiger partial charge on any atom is -0.478 e. The largest absolute Gasteiger partial charge is 0.478 e. The van der Waals surface area contributed by atoms with Crippen LogP contribution in [-0.2, 0) is 4.74 Å². The van der Waals surface area contributed by atoms with E-state index in [-0.39, 0.29) is 5.69 Å². The molecule has 6 nitrogen and oxygen atoms in total. The number of carboxylic acid groups (broad SMARTS) is 1. The molecule has 0 bridgehead atoms. The third-order valence-electron chi connectivity index (χ3n) is 2.44. The first-order valence-corrected chi connectivity index (χ1v) is 6.55. The van der Waals surface area contributed by atoms with Crippen LogP contribution in [-0.4, -0.2) is 36.9 Å². The molecule has 0 heterocycles. The summed E-state index contributed by atoms with van der Waals surface area (Å²) in [5, 5.41) is 13.8. The normalized spacial score (nSPS) is 10.5. The molecule has 0 aliphatic rings. The molecule has 0 spiro atoms. The smallest absolute Gasteiger partial charge is 0.338 e. The zero-order chi connectivity index (χ0) is 15.8. The molecule has 0 aliphatic heterocycles. The zero-order valence-electron chi connectivity index (χ0n) is 12.0. The third-order valence-corrected chi connectivity index (χ3v) is 2.44. The highest BCUT2D eigenvalue weighted by Crippen LogP contribution is 2.14. The fourth-order valence-corrected chi connectivity index (χ4v) is 1.50. The molecule has 1 aromatic carbocycles. The number of hydrogen-bond acceptors (Lipinski definition) is 3. The Bertz CT molecular complexity index is 506. The highest BCUT2D eigenvalue weighted by Gasteiger charge is 2.11. The Hall–Kier alpha value is -2.15. The van der Waals surface area contributed by atoms with Gasteiger partial charge in [-0.1, -0.05) is 13.8 Å². The van der Waals surface area contributed by atoms with Gasteiger partial charge in [-0.25, -0.2) is 14.0 Å². The maximum Gasteiger partial charge on any atom is 0.338 e. The summed E-state index contributed by atoms with van der Waals surface area (Å²) in [7, 11) is 0. The van der Waals surface area contributed by atoms with Crippen molar-refractivity contribution in [3.05, 3.63) is 29.6 Å². The fourth-order valence-electron chi connectivity index (χ4n) is 1.50. The molecule has 0 saturated heterocycles. The quantitative estimate of drug-likeness (QED) is 0.674. The van der Waals surface area contributed by atoms with Gasteiger partial charge in [-0.2, -0.15) is 0 Å². The van der Waals surface area contributed by atoms with Gasteiger partial charge in [0.2, 0.25) is 0 Å². The van der Waals surface area contributed by atoms with Crippen LogP contribution in [0.1, 0.15) is 24.2 Å². The molecule has 21 heavy (non-hydrogen) atoms. The minimum atomic E-state index is -1.39. The number of carbonyl (C=O) groups excluding carboxylic acids is 1. The number of urea groups is 1. The second-order valence-corrected chi connectivity index (χ2v) is 4.85. The van der Waals surface area contributed by atoms with Gasteiger partial charge in [-0.3, -0.25) is 0 Å². The van der Waals surface area contributed by atoms with E-state index in [4.69, 9.17) is 9.84 Å². The summed E-state index contributed by atoms with van der Waals surface area (Å²) >= 11 is 0. The standard InChI is InChI=1S/C14H19FN2O4/c1-9(2)8-21-6-5-16-14(20)17-10-3-4-12(15)11(7-10)13(18)19/h3-4,7,9H,5-6,8H2,1-2H3,(H,18,19)(H2,16,17,20). The number of nitrogens with one attached hydrogen (secondary N) is 2. The second kappa shape index (κ2) is 8.21. The Morgan fingerprint density at radius 1 is 1.38 bits per heavy atom. The van der Waals surface area contributed by atoms with Crippen molar-refractivity contribution in [2.45, 2.75) is 13.8 Å². The second-order valence-electron chi connectivity index (χ2n) is 4.85. The molecule has 7 heteroatoms. The summed E-state index contributed by atoms with van der Waals surface area (Å²) in [6, 6.07) is 2.83. The zero-order valence-corrected chi connectivity index (χ0v) is 12.0. The average molecular weight is 298 g/mol. The van der Waals surface area contributed by atoms with E-state index in [1.165, 1.54) is 6.07 Å². The molecule has 1 rings (SSSR count). The van der Waals surface area contributed by atoms with Crippen LogP contribution in [0.3, 0.4) is 0 Å². The van der Waals surface area contributed by atoms with Crippen molar-refractivity contribution >= 4 is 17.7 Å². The van der Waals surface area contributed by atoms with Crippen LogP contribution in [0.25, 0.3) is 0 Å². The van der Waals surface area contributed by atoms with Crippen LogP contribution in [0.5, 0.6) is 0 Å². The van der Waals surface area contributed by atoms with Gasteiger partial charge in [-0.15, -0.1) is 0 Å². The molecule has 3 N–H and O–H groups in total. The number of aromatic carboxylic acids is 1. The molecular weight excluding hydrogens is 279 g/mol. The van der Waals surface area contributed by atoms with Gasteiger partial charge in [0.1, 0.15) is 5.82 Å². The van der Waals surface area contributed by atoms with Gasteiger partial charge in [0, 0.05) is 18.8 Å². The predicted octanol–water partition coefficient (Wildman–Crippen LogP) is 2.32. The molecule has 0 aromatic heterocycles. The molecule has 0 unspecified atom stereocenters. The Balaban J connectivity index is 2.41. The number of ether oxygens (including phenoxy) is 1. The molecule has 0 radical (unpaired) electrons. The fraction of sp³-hybridized carbons (Fsp3) is 0.429. The van der Waals surface area contributed by atoms with Crippen LogP contribution in [0.15, 0.2) is 18.2 Å². The lowest BCUT2D eigenvalue weighted by atomic mass is 10.2. The van der Waals surface area contributed by atoms with Crippen LogP contribution in [0, 0.1) is 11.7 Å². The lowest BCUT2D eigenvalue weighted by Gasteiger charge is -2.10. The summed E-state index contributed by atoms with van der Waals surface area (Å²) in [4.78, 5) is 22.3. The first-order chi connectivity index (χ1) is 9.90. The van der Waals surface area contributed by atoms with E-state index in [0.29, 0.717) is 25.7 Å². The van der Waals surface area contributed by atoms with E-state index in [2.05, 4.69) is 10.6 Å². The van der Waals surface area contributed by atoms with E-state index in [1.54, 1.807) is 0 Å². The molecule has 0 saturated carbocycles. The van der Waals surface area contributed by atoms with Crippen molar-refractivity contribution < 1.29 is 23.8 Å². The summed E-state index contributed by atoms with van der Waals surface area (Å²) in [5.74, 6) is -1.82. The lowest BCUT2D eigenvalue weighted by molar-refractivity contribution is 0.0692. The molecule has 116 valence electrons. The summed E-state index contributed by atoms with van der Waals surface area (Å²) in [5.41, 5.74) is -0.289. The summed E-state index contributed by atoms with van der Waals surface area (Å²) < 4.78 is 18.5. The maximum absolute atomic E-state index is 13.2. The van der Waals surface area contributed by atoms with E-state index in [0.717, 1.165) is 12.1 Å². The summed E-state index contributed by atoms with van der Waals surface area (Å²) in [6.07, 6.45) is 0. The van der Waals surface area contributed by atoms with Gasteiger partial charge < -0.3 is 20.5 Å². The number of hydrogen-bond donors (Lipinski definition) is 3. The monoisotopic (exact) mass is 298 g/mol. The molecule has 0 atom stereocenters. The van der Waals surface area contributed by atoms with E-state index in [1.807, 2.05) is 13.8 Å². The topological polar surface area (TPSA) is 87.7 Å². The third kappa shape index (κ3) is 6.22. The van der Waals surface area contributed by atoms with E-state index >= 15 is 0 Å². The van der Waals surface area contributed by atoms with Crippen LogP contribution < -0.4 is 10.6 Å². The number of carbonyl (C=O) groups is 2. The highest BCUT2D eigenvalue weighted by molar-refractivity contribution is 5.93. The predicted molar refractivity (Wildman–Crippen MR) is 76.0 cm³/mol. The number of benzene rings is 1. The first-order valence-electron chi connectivity index (χ1n) is 6.55. The number of amides is 2. The van der Waals surface area contributed by atoms with Crippen molar-refractivity contribution in [2.24, 2.45) is 5.92 Å². The SMILES string of the molecule is CC(C)COCCNC(=O)Nc1ccc(F)c(C(=O)O)c1. The van der Waals surface area contributed by atoms with Gasteiger partial charge in [0.15, 0.2) is 0 Å². The maximum atomic E-state index is 13.2. The van der Waals surface area contributed by atoms with Gasteiger partial charge in [0.05, 0.1) is 12.2 Å². The number of rotatable bonds is 7. The number of halogens is 1. The van der Waals surface area contributed by atoms with Gasteiger partial charge >= 0.3 is 12.0 Å². The van der Waals surface area contributed by atoms with Gasteiger partial charge in [-0.05, 0) is 24.1 Å². The van der Waals surface area contributed by atoms with Crippen molar-refractivity contribution in [3.8, 4) is 0 Å². The molecule has 0 aliphatic carbocycles. The minimum absolute atomic E-state index is 0.203. The molecular formula is C14H19FN2O4. The molecule has 2 amide bonds. The average Bonchev–Trinajstić information content (AvgIpc) is 2.40. The van der Waals surface area contributed by atoms with Crippen molar-refractivity contribution in [2.75, 3.05) is 25.1 Å². The Labute approximate surface area is 122 Å². The Morgan fingerprint density at radius 2 is 2.10 bits per heavy atom. The number of carboxylic acids is 1. The van der Waals surface area contributed by atoms with Crippen molar-refractivity contribution in [1.82, 2.24) is 5.32 Å². The summed E-state index contributed by atoms with van der Waals surface area (Å²) in [6.45, 7) is 5.37. The first kappa shape index (κ1) is 16.9. The van der Waals surface area contributed by atoms with Crippen molar-refractivity contribution in [3.63, 3.8) is 0 Å². The Kier molecular flexibility index (Phi) is 6.61. The van der Waals surface area contributed by atoms with Crippen molar-refractivity contribution in [1.29, 1.82) is 0 Å². The lowest BCUT2D eigenvalue weighted by Crippen LogP contribution is -2.31. The van der Waals surface area contributed by atoms with Crippen LogP contribution in [0.4, 0.5) is 14.9 Å². The van der Waals surface area contributed by atoms with E-state index in [9.17, 15) is 14.0 Å². The van der Waals surface area contributed by atoms with Crippen LogP contribution >= 0.6 is 0 Å². The van der Waals surface area contributed by atoms with Gasteiger partial charge in [0.25, 0.3) is 0 Å².